The Balaban J connectivity index is 1.99. The molecule has 0 radical (unpaired) electrons. The fourth-order valence-electron chi connectivity index (χ4n) is 3.35. The summed E-state index contributed by atoms with van der Waals surface area (Å²) in [6.45, 7) is 2.27. The molecule has 0 saturated carbocycles. The summed E-state index contributed by atoms with van der Waals surface area (Å²) in [5.41, 5.74) is 1.83. The van der Waals surface area contributed by atoms with Gasteiger partial charge in [0, 0.05) is 27.2 Å². The standard InChI is InChI=1S/C20H25N3O5S/c1-6-23(13-14-7-10-18(27-4)19(11-14)28-5)29(25,26)15-8-9-16-17(12-15)22(3)20(24)21(16)2/h7-12H,6,13H2,1-5H3. The molecule has 0 aliphatic rings. The third-order valence-corrected chi connectivity index (χ3v) is 6.96. The van der Waals surface area contributed by atoms with Gasteiger partial charge >= 0.3 is 5.69 Å². The number of ether oxygens (including phenoxy) is 2. The number of sulfonamides is 1. The van der Waals surface area contributed by atoms with Gasteiger partial charge in [0.25, 0.3) is 0 Å². The minimum atomic E-state index is -3.76. The van der Waals surface area contributed by atoms with Gasteiger partial charge in [0.1, 0.15) is 0 Å². The first-order valence-electron chi connectivity index (χ1n) is 9.11. The van der Waals surface area contributed by atoms with Crippen LogP contribution in [0.5, 0.6) is 11.5 Å². The lowest BCUT2D eigenvalue weighted by Crippen LogP contribution is -2.30. The molecule has 0 fully saturated rings. The lowest BCUT2D eigenvalue weighted by molar-refractivity contribution is 0.353. The summed E-state index contributed by atoms with van der Waals surface area (Å²) in [6.07, 6.45) is 0. The Morgan fingerprint density at radius 1 is 0.931 bits per heavy atom. The van der Waals surface area contributed by atoms with Crippen LogP contribution in [0.25, 0.3) is 11.0 Å². The zero-order valence-corrected chi connectivity index (χ0v) is 18.0. The zero-order valence-electron chi connectivity index (χ0n) is 17.2. The summed E-state index contributed by atoms with van der Waals surface area (Å²) in [5, 5.41) is 0. The second kappa shape index (κ2) is 7.92. The van der Waals surface area contributed by atoms with Crippen molar-refractivity contribution in [3.8, 4) is 11.5 Å². The van der Waals surface area contributed by atoms with E-state index in [0.717, 1.165) is 5.56 Å². The molecule has 156 valence electrons. The number of imidazole rings is 1. The van der Waals surface area contributed by atoms with E-state index >= 15 is 0 Å². The fraction of sp³-hybridized carbons (Fsp3) is 0.350. The number of aryl methyl sites for hydroxylation is 2. The summed E-state index contributed by atoms with van der Waals surface area (Å²) in [5.74, 6) is 1.12. The van der Waals surface area contributed by atoms with Gasteiger partial charge in [-0.05, 0) is 35.9 Å². The van der Waals surface area contributed by atoms with Gasteiger partial charge in [0.05, 0.1) is 30.1 Å². The van der Waals surface area contributed by atoms with Crippen LogP contribution in [0.2, 0.25) is 0 Å². The molecule has 3 rings (SSSR count). The van der Waals surface area contributed by atoms with E-state index in [1.54, 1.807) is 52.4 Å². The van der Waals surface area contributed by atoms with Gasteiger partial charge in [-0.15, -0.1) is 0 Å². The topological polar surface area (TPSA) is 82.8 Å². The van der Waals surface area contributed by atoms with E-state index in [1.165, 1.54) is 26.6 Å². The Labute approximate surface area is 169 Å². The van der Waals surface area contributed by atoms with Crippen molar-refractivity contribution in [2.45, 2.75) is 18.4 Å². The van der Waals surface area contributed by atoms with Gasteiger partial charge < -0.3 is 9.47 Å². The molecule has 0 unspecified atom stereocenters. The average Bonchev–Trinajstić information content (AvgIpc) is 2.95. The van der Waals surface area contributed by atoms with Crippen molar-refractivity contribution in [1.29, 1.82) is 0 Å². The van der Waals surface area contributed by atoms with E-state index in [2.05, 4.69) is 0 Å². The number of rotatable bonds is 7. The smallest absolute Gasteiger partial charge is 0.328 e. The molecule has 3 aromatic rings. The maximum Gasteiger partial charge on any atom is 0.328 e. The van der Waals surface area contributed by atoms with E-state index in [1.807, 2.05) is 6.07 Å². The normalized spacial score (nSPS) is 11.9. The van der Waals surface area contributed by atoms with Gasteiger partial charge in [-0.3, -0.25) is 9.13 Å². The van der Waals surface area contributed by atoms with Crippen LogP contribution in [0.1, 0.15) is 12.5 Å². The molecule has 0 amide bonds. The summed E-state index contributed by atoms with van der Waals surface area (Å²) < 4.78 is 41.4. The van der Waals surface area contributed by atoms with Crippen molar-refractivity contribution in [2.75, 3.05) is 20.8 Å². The van der Waals surface area contributed by atoms with Crippen molar-refractivity contribution in [1.82, 2.24) is 13.4 Å². The van der Waals surface area contributed by atoms with Crippen LogP contribution in [-0.4, -0.2) is 42.6 Å². The molecule has 0 atom stereocenters. The molecule has 0 N–H and O–H groups in total. The molecular weight excluding hydrogens is 394 g/mol. The second-order valence-electron chi connectivity index (χ2n) is 6.67. The molecule has 2 aromatic carbocycles. The molecule has 0 bridgehead atoms. The second-order valence-corrected chi connectivity index (χ2v) is 8.61. The monoisotopic (exact) mass is 419 g/mol. The van der Waals surface area contributed by atoms with Gasteiger partial charge in [0.15, 0.2) is 11.5 Å². The molecule has 0 aliphatic heterocycles. The van der Waals surface area contributed by atoms with E-state index in [4.69, 9.17) is 9.47 Å². The first-order valence-corrected chi connectivity index (χ1v) is 10.5. The van der Waals surface area contributed by atoms with Gasteiger partial charge in [-0.1, -0.05) is 13.0 Å². The number of aromatic nitrogens is 2. The van der Waals surface area contributed by atoms with Crippen LogP contribution in [0.4, 0.5) is 0 Å². The molecule has 1 heterocycles. The minimum absolute atomic E-state index is 0.147. The Bertz CT molecular complexity index is 1210. The van der Waals surface area contributed by atoms with Crippen molar-refractivity contribution in [3.05, 3.63) is 52.4 Å². The van der Waals surface area contributed by atoms with E-state index < -0.39 is 10.0 Å². The van der Waals surface area contributed by atoms with E-state index in [9.17, 15) is 13.2 Å². The predicted octanol–water partition coefficient (Wildman–Crippen LogP) is 2.10. The molecule has 8 nitrogen and oxygen atoms in total. The van der Waals surface area contributed by atoms with Gasteiger partial charge in [0.2, 0.25) is 10.0 Å². The number of methoxy groups -OCH3 is 2. The number of benzene rings is 2. The molecular formula is C20H25N3O5S. The first-order chi connectivity index (χ1) is 13.7. The fourth-order valence-corrected chi connectivity index (χ4v) is 4.80. The molecule has 0 spiro atoms. The third-order valence-electron chi connectivity index (χ3n) is 5.04. The van der Waals surface area contributed by atoms with Crippen molar-refractivity contribution in [3.63, 3.8) is 0 Å². The first kappa shape index (κ1) is 20.9. The summed E-state index contributed by atoms with van der Waals surface area (Å²) >= 11 is 0. The highest BCUT2D eigenvalue weighted by Crippen LogP contribution is 2.29. The summed E-state index contributed by atoms with van der Waals surface area (Å²) in [4.78, 5) is 12.3. The maximum absolute atomic E-state index is 13.3. The predicted molar refractivity (Wildman–Crippen MR) is 111 cm³/mol. The van der Waals surface area contributed by atoms with Crippen LogP contribution in [-0.2, 0) is 30.7 Å². The highest BCUT2D eigenvalue weighted by Gasteiger charge is 2.25. The number of nitrogens with zero attached hydrogens (tertiary/aromatic N) is 3. The van der Waals surface area contributed by atoms with Crippen LogP contribution < -0.4 is 15.2 Å². The SMILES string of the molecule is CCN(Cc1ccc(OC)c(OC)c1)S(=O)(=O)c1ccc2c(c1)n(C)c(=O)n2C. The Hall–Kier alpha value is -2.78. The summed E-state index contributed by atoms with van der Waals surface area (Å²) in [7, 11) is 2.61. The molecule has 9 heteroatoms. The van der Waals surface area contributed by atoms with Gasteiger partial charge in [-0.2, -0.15) is 4.31 Å². The highest BCUT2D eigenvalue weighted by molar-refractivity contribution is 7.89. The maximum atomic E-state index is 13.3. The van der Waals surface area contributed by atoms with Crippen molar-refractivity contribution in [2.24, 2.45) is 14.1 Å². The molecule has 0 saturated heterocycles. The van der Waals surface area contributed by atoms with Crippen LogP contribution in [0, 0.1) is 0 Å². The molecule has 1 aromatic heterocycles. The minimum Gasteiger partial charge on any atom is -0.493 e. The van der Waals surface area contributed by atoms with Crippen LogP contribution in [0.15, 0.2) is 46.1 Å². The zero-order chi connectivity index (χ0) is 21.3. The lowest BCUT2D eigenvalue weighted by Gasteiger charge is -2.21. The van der Waals surface area contributed by atoms with E-state index in [0.29, 0.717) is 29.1 Å². The Morgan fingerprint density at radius 3 is 2.21 bits per heavy atom. The van der Waals surface area contributed by atoms with Crippen molar-refractivity contribution < 1.29 is 17.9 Å². The third kappa shape index (κ3) is 3.63. The largest absolute Gasteiger partial charge is 0.493 e. The number of hydrogen-bond donors (Lipinski definition) is 0. The van der Waals surface area contributed by atoms with Crippen LogP contribution in [0.3, 0.4) is 0 Å². The van der Waals surface area contributed by atoms with Gasteiger partial charge in [-0.25, -0.2) is 13.2 Å². The van der Waals surface area contributed by atoms with E-state index in [-0.39, 0.29) is 17.1 Å². The molecule has 29 heavy (non-hydrogen) atoms. The number of hydrogen-bond acceptors (Lipinski definition) is 5. The number of fused-ring (bicyclic) bond motifs is 1. The Morgan fingerprint density at radius 2 is 1.59 bits per heavy atom. The quantitative estimate of drug-likeness (QED) is 0.586. The van der Waals surface area contributed by atoms with Crippen LogP contribution >= 0.6 is 0 Å². The lowest BCUT2D eigenvalue weighted by atomic mass is 10.2. The summed E-state index contributed by atoms with van der Waals surface area (Å²) in [6, 6.07) is 10.1. The average molecular weight is 420 g/mol. The Kier molecular flexibility index (Phi) is 5.72. The van der Waals surface area contributed by atoms with Crippen molar-refractivity contribution >= 4 is 21.1 Å². The highest BCUT2D eigenvalue weighted by atomic mass is 32.2. The molecule has 0 aliphatic carbocycles.